The molecule has 0 aliphatic rings. The Kier molecular flexibility index (Phi) is 3.25. The van der Waals surface area contributed by atoms with Crippen LogP contribution in [-0.4, -0.2) is 19.1 Å². The lowest BCUT2D eigenvalue weighted by atomic mass is 10.1. The third-order valence-corrected chi connectivity index (χ3v) is 3.06. The molecule has 0 saturated heterocycles. The highest BCUT2D eigenvalue weighted by Gasteiger charge is 2.03. The molecule has 0 aliphatic heterocycles. The summed E-state index contributed by atoms with van der Waals surface area (Å²) in [4.78, 5) is 6.44. The number of hydrogen-bond donors (Lipinski definition) is 0. The van der Waals surface area contributed by atoms with Gasteiger partial charge in [-0.3, -0.25) is 4.98 Å². The molecule has 0 amide bonds. The fraction of sp³-hybridized carbons (Fsp3) is 0.154. The molecular formula is C13H13BrN2. The number of aromatic nitrogens is 1. The molecule has 0 saturated carbocycles. The van der Waals surface area contributed by atoms with Crippen LogP contribution in [0.5, 0.6) is 0 Å². The predicted molar refractivity (Wildman–Crippen MR) is 71.7 cm³/mol. The van der Waals surface area contributed by atoms with Crippen LogP contribution in [0.2, 0.25) is 0 Å². The van der Waals surface area contributed by atoms with Gasteiger partial charge in [0.1, 0.15) is 0 Å². The van der Waals surface area contributed by atoms with E-state index < -0.39 is 0 Å². The first-order chi connectivity index (χ1) is 7.68. The minimum atomic E-state index is 0.979. The van der Waals surface area contributed by atoms with Gasteiger partial charge < -0.3 is 4.90 Å². The summed E-state index contributed by atoms with van der Waals surface area (Å²) >= 11 is 3.51. The Morgan fingerprint density at radius 2 is 1.75 bits per heavy atom. The van der Waals surface area contributed by atoms with Gasteiger partial charge in [-0.2, -0.15) is 0 Å². The Balaban J connectivity index is 2.39. The van der Waals surface area contributed by atoms with Crippen molar-refractivity contribution in [3.05, 3.63) is 47.1 Å². The molecule has 2 aromatic rings. The lowest BCUT2D eigenvalue weighted by Gasteiger charge is -2.12. The summed E-state index contributed by atoms with van der Waals surface area (Å²) in [5.41, 5.74) is 3.29. The fourth-order valence-corrected chi connectivity index (χ4v) is 2.00. The smallest absolute Gasteiger partial charge is 0.0843 e. The van der Waals surface area contributed by atoms with E-state index in [0.29, 0.717) is 0 Å². The summed E-state index contributed by atoms with van der Waals surface area (Å²) in [6.45, 7) is 0. The summed E-state index contributed by atoms with van der Waals surface area (Å²) in [6.07, 6.45) is 1.81. The van der Waals surface area contributed by atoms with Crippen LogP contribution in [0.3, 0.4) is 0 Å². The molecule has 1 aromatic heterocycles. The van der Waals surface area contributed by atoms with Gasteiger partial charge in [0.15, 0.2) is 0 Å². The maximum Gasteiger partial charge on any atom is 0.0843 e. The molecule has 2 nitrogen and oxygen atoms in total. The standard InChI is InChI=1S/C13H13BrN2/c1-16(2)11-7-5-10(6-8-11)13-12(14)4-3-9-15-13/h3-9H,1-2H3. The quantitative estimate of drug-likeness (QED) is 0.834. The van der Waals surface area contributed by atoms with E-state index in [4.69, 9.17) is 0 Å². The zero-order valence-electron chi connectivity index (χ0n) is 9.31. The van der Waals surface area contributed by atoms with E-state index >= 15 is 0 Å². The second-order valence-electron chi connectivity index (χ2n) is 3.78. The highest BCUT2D eigenvalue weighted by molar-refractivity contribution is 9.10. The van der Waals surface area contributed by atoms with Crippen LogP contribution in [0.15, 0.2) is 47.1 Å². The van der Waals surface area contributed by atoms with E-state index in [2.05, 4.69) is 50.1 Å². The van der Waals surface area contributed by atoms with Crippen LogP contribution < -0.4 is 4.90 Å². The Labute approximate surface area is 104 Å². The summed E-state index contributed by atoms with van der Waals surface area (Å²) in [7, 11) is 4.07. The molecule has 0 radical (unpaired) electrons. The highest BCUT2D eigenvalue weighted by atomic mass is 79.9. The minimum absolute atomic E-state index is 0.979. The fourth-order valence-electron chi connectivity index (χ4n) is 1.52. The average Bonchev–Trinajstić information content (AvgIpc) is 2.30. The van der Waals surface area contributed by atoms with Crippen LogP contribution in [0, 0.1) is 0 Å². The lowest BCUT2D eigenvalue weighted by Crippen LogP contribution is -2.07. The first-order valence-corrected chi connectivity index (χ1v) is 5.86. The Bertz CT molecular complexity index is 478. The first kappa shape index (κ1) is 11.1. The van der Waals surface area contributed by atoms with E-state index in [1.807, 2.05) is 26.2 Å². The normalized spacial score (nSPS) is 10.2. The predicted octanol–water partition coefficient (Wildman–Crippen LogP) is 3.58. The SMILES string of the molecule is CN(C)c1ccc(-c2ncccc2Br)cc1. The maximum atomic E-state index is 4.36. The summed E-state index contributed by atoms with van der Waals surface area (Å²) in [5.74, 6) is 0. The average molecular weight is 277 g/mol. The van der Waals surface area contributed by atoms with Crippen molar-refractivity contribution in [2.24, 2.45) is 0 Å². The number of nitrogens with zero attached hydrogens (tertiary/aromatic N) is 2. The number of hydrogen-bond acceptors (Lipinski definition) is 2. The van der Waals surface area contributed by atoms with E-state index in [9.17, 15) is 0 Å². The van der Waals surface area contributed by atoms with E-state index in [0.717, 1.165) is 15.7 Å². The largest absolute Gasteiger partial charge is 0.378 e. The molecule has 0 unspecified atom stereocenters. The van der Waals surface area contributed by atoms with Crippen molar-refractivity contribution in [2.75, 3.05) is 19.0 Å². The van der Waals surface area contributed by atoms with Crippen molar-refractivity contribution < 1.29 is 0 Å². The number of anilines is 1. The summed E-state index contributed by atoms with van der Waals surface area (Å²) < 4.78 is 1.02. The molecule has 2 rings (SSSR count). The molecule has 0 atom stereocenters. The van der Waals surface area contributed by atoms with Gasteiger partial charge in [0.25, 0.3) is 0 Å². The summed E-state index contributed by atoms with van der Waals surface area (Å²) in [6, 6.07) is 12.3. The van der Waals surface area contributed by atoms with Crippen LogP contribution in [0.1, 0.15) is 0 Å². The number of pyridine rings is 1. The molecule has 0 N–H and O–H groups in total. The van der Waals surface area contributed by atoms with Gasteiger partial charge in [-0.05, 0) is 40.2 Å². The Morgan fingerprint density at radius 3 is 2.31 bits per heavy atom. The van der Waals surface area contributed by atoms with Gasteiger partial charge in [0.05, 0.1) is 5.69 Å². The zero-order valence-corrected chi connectivity index (χ0v) is 10.9. The molecule has 0 fully saturated rings. The van der Waals surface area contributed by atoms with Gasteiger partial charge in [-0.15, -0.1) is 0 Å². The van der Waals surface area contributed by atoms with Gasteiger partial charge in [-0.25, -0.2) is 0 Å². The molecule has 0 bridgehead atoms. The molecule has 0 spiro atoms. The van der Waals surface area contributed by atoms with Crippen LogP contribution >= 0.6 is 15.9 Å². The summed E-state index contributed by atoms with van der Waals surface area (Å²) in [5, 5.41) is 0. The second kappa shape index (κ2) is 4.66. The topological polar surface area (TPSA) is 16.1 Å². The molecule has 16 heavy (non-hydrogen) atoms. The highest BCUT2D eigenvalue weighted by Crippen LogP contribution is 2.26. The van der Waals surface area contributed by atoms with Crippen molar-refractivity contribution >= 4 is 21.6 Å². The molecule has 3 heteroatoms. The molecular weight excluding hydrogens is 264 g/mol. The van der Waals surface area contributed by atoms with Crippen molar-refractivity contribution in [3.8, 4) is 11.3 Å². The van der Waals surface area contributed by atoms with Crippen LogP contribution in [0.25, 0.3) is 11.3 Å². The third-order valence-electron chi connectivity index (χ3n) is 2.42. The third kappa shape index (κ3) is 2.25. The Hall–Kier alpha value is -1.35. The van der Waals surface area contributed by atoms with Crippen molar-refractivity contribution in [1.82, 2.24) is 4.98 Å². The van der Waals surface area contributed by atoms with E-state index in [1.165, 1.54) is 5.69 Å². The van der Waals surface area contributed by atoms with Gasteiger partial charge >= 0.3 is 0 Å². The van der Waals surface area contributed by atoms with Gasteiger partial charge in [0, 0.05) is 36.0 Å². The van der Waals surface area contributed by atoms with Gasteiger partial charge in [0.2, 0.25) is 0 Å². The lowest BCUT2D eigenvalue weighted by molar-refractivity contribution is 1.13. The Morgan fingerprint density at radius 1 is 1.06 bits per heavy atom. The minimum Gasteiger partial charge on any atom is -0.378 e. The van der Waals surface area contributed by atoms with E-state index in [1.54, 1.807) is 6.20 Å². The van der Waals surface area contributed by atoms with Crippen molar-refractivity contribution in [3.63, 3.8) is 0 Å². The van der Waals surface area contributed by atoms with Crippen LogP contribution in [0.4, 0.5) is 5.69 Å². The van der Waals surface area contributed by atoms with E-state index in [-0.39, 0.29) is 0 Å². The molecule has 1 aromatic carbocycles. The second-order valence-corrected chi connectivity index (χ2v) is 4.63. The van der Waals surface area contributed by atoms with Crippen LogP contribution in [-0.2, 0) is 0 Å². The van der Waals surface area contributed by atoms with Gasteiger partial charge in [-0.1, -0.05) is 12.1 Å². The molecule has 82 valence electrons. The maximum absolute atomic E-state index is 4.36. The monoisotopic (exact) mass is 276 g/mol. The van der Waals surface area contributed by atoms with Crippen molar-refractivity contribution in [1.29, 1.82) is 0 Å². The zero-order chi connectivity index (χ0) is 11.5. The molecule has 0 aliphatic carbocycles. The molecule has 1 heterocycles. The number of halogens is 1. The number of benzene rings is 1. The first-order valence-electron chi connectivity index (χ1n) is 5.07. The van der Waals surface area contributed by atoms with Crippen molar-refractivity contribution in [2.45, 2.75) is 0 Å². The number of rotatable bonds is 2.